The molecule has 5 aromatic rings. The average molecular weight is 451 g/mol. The number of carbonyl (C=O) groups is 2. The van der Waals surface area contributed by atoms with Crippen molar-refractivity contribution >= 4 is 44.9 Å². The average Bonchev–Trinajstić information content (AvgIpc) is 3.30. The molecule has 0 aliphatic carbocycles. The predicted octanol–water partition coefficient (Wildman–Crippen LogP) is 5.86. The fourth-order valence-corrected chi connectivity index (χ4v) is 4.23. The van der Waals surface area contributed by atoms with Crippen LogP contribution in [0.3, 0.4) is 0 Å². The van der Waals surface area contributed by atoms with Gasteiger partial charge in [-0.3, -0.25) is 9.59 Å². The molecule has 0 atom stereocenters. The summed E-state index contributed by atoms with van der Waals surface area (Å²) in [4.78, 5) is 33.8. The molecule has 2 amide bonds. The number of benzene rings is 3. The maximum Gasteiger partial charge on any atom is 0.256 e. The van der Waals surface area contributed by atoms with Gasteiger partial charge in [0.2, 0.25) is 0 Å². The van der Waals surface area contributed by atoms with Crippen molar-refractivity contribution in [3.05, 3.63) is 108 Å². The molecule has 0 spiro atoms. The highest BCUT2D eigenvalue weighted by Gasteiger charge is 2.10. The van der Waals surface area contributed by atoms with Gasteiger partial charge in [-0.1, -0.05) is 30.3 Å². The molecule has 6 nitrogen and oxygen atoms in total. The summed E-state index contributed by atoms with van der Waals surface area (Å²) in [7, 11) is 0. The van der Waals surface area contributed by atoms with Gasteiger partial charge in [0.05, 0.1) is 10.2 Å². The van der Waals surface area contributed by atoms with Crippen molar-refractivity contribution in [2.75, 3.05) is 10.6 Å². The minimum absolute atomic E-state index is 0.204. The fourth-order valence-electron chi connectivity index (χ4n) is 3.28. The highest BCUT2D eigenvalue weighted by Crippen LogP contribution is 2.29. The van der Waals surface area contributed by atoms with Gasteiger partial charge in [0.25, 0.3) is 11.8 Å². The summed E-state index contributed by atoms with van der Waals surface area (Å²) in [5.41, 5.74) is 3.49. The summed E-state index contributed by atoms with van der Waals surface area (Å²) in [5.74, 6) is -0.0345. The van der Waals surface area contributed by atoms with Crippen LogP contribution >= 0.6 is 11.3 Å². The first-order valence-electron chi connectivity index (χ1n) is 10.3. The topological polar surface area (TPSA) is 84.0 Å². The monoisotopic (exact) mass is 450 g/mol. The quantitative estimate of drug-likeness (QED) is 0.351. The number of thiazole rings is 1. The van der Waals surface area contributed by atoms with Gasteiger partial charge in [-0.05, 0) is 60.7 Å². The summed E-state index contributed by atoms with van der Waals surface area (Å²) in [6.45, 7) is 0. The van der Waals surface area contributed by atoms with Gasteiger partial charge >= 0.3 is 0 Å². The van der Waals surface area contributed by atoms with Crippen LogP contribution in [0.1, 0.15) is 20.7 Å². The smallest absolute Gasteiger partial charge is 0.256 e. The summed E-state index contributed by atoms with van der Waals surface area (Å²) < 4.78 is 1.12. The Morgan fingerprint density at radius 2 is 1.39 bits per heavy atom. The molecule has 33 heavy (non-hydrogen) atoms. The molecule has 3 aromatic carbocycles. The first-order valence-corrected chi connectivity index (χ1v) is 11.1. The Bertz CT molecular complexity index is 1400. The first-order chi connectivity index (χ1) is 16.2. The van der Waals surface area contributed by atoms with Crippen molar-refractivity contribution < 1.29 is 9.59 Å². The molecule has 0 radical (unpaired) electrons. The molecule has 0 saturated heterocycles. The zero-order chi connectivity index (χ0) is 22.6. The number of nitrogens with zero attached hydrogens (tertiary/aromatic N) is 2. The Balaban J connectivity index is 1.23. The highest BCUT2D eigenvalue weighted by molar-refractivity contribution is 7.21. The molecule has 2 aromatic heterocycles. The Kier molecular flexibility index (Phi) is 5.61. The van der Waals surface area contributed by atoms with E-state index in [2.05, 4.69) is 20.6 Å². The predicted molar refractivity (Wildman–Crippen MR) is 132 cm³/mol. The maximum atomic E-state index is 12.6. The third kappa shape index (κ3) is 4.63. The van der Waals surface area contributed by atoms with Crippen LogP contribution < -0.4 is 10.6 Å². The molecule has 0 saturated carbocycles. The summed E-state index contributed by atoms with van der Waals surface area (Å²) >= 11 is 1.60. The van der Waals surface area contributed by atoms with Crippen molar-refractivity contribution in [1.29, 1.82) is 0 Å². The maximum absolute atomic E-state index is 12.6. The van der Waals surface area contributed by atoms with Crippen molar-refractivity contribution in [3.8, 4) is 10.6 Å². The molecule has 0 aliphatic heterocycles. The Morgan fingerprint density at radius 3 is 2.12 bits per heavy atom. The normalized spacial score (nSPS) is 10.7. The molecule has 5 rings (SSSR count). The van der Waals surface area contributed by atoms with E-state index in [0.717, 1.165) is 20.8 Å². The van der Waals surface area contributed by atoms with Gasteiger partial charge < -0.3 is 10.6 Å². The SMILES string of the molecule is O=C(Nc1ccc(C(=O)Nc2ccc(-c3nc4ccccc4s3)cn2)cc1)c1ccccc1. The van der Waals surface area contributed by atoms with Crippen LogP contribution in [0, 0.1) is 0 Å². The number of amides is 2. The second-order valence-electron chi connectivity index (χ2n) is 7.27. The lowest BCUT2D eigenvalue weighted by atomic mass is 10.1. The van der Waals surface area contributed by atoms with Crippen molar-refractivity contribution in [2.24, 2.45) is 0 Å². The van der Waals surface area contributed by atoms with Crippen LogP contribution in [0.2, 0.25) is 0 Å². The number of nitrogens with one attached hydrogen (secondary N) is 2. The molecule has 0 aliphatic rings. The van der Waals surface area contributed by atoms with Crippen molar-refractivity contribution in [1.82, 2.24) is 9.97 Å². The number of rotatable bonds is 5. The van der Waals surface area contributed by atoms with E-state index in [9.17, 15) is 9.59 Å². The van der Waals surface area contributed by atoms with E-state index in [1.165, 1.54) is 0 Å². The number of hydrogen-bond donors (Lipinski definition) is 2. The fraction of sp³-hybridized carbons (Fsp3) is 0. The third-order valence-corrected chi connectivity index (χ3v) is 6.07. The van der Waals surface area contributed by atoms with E-state index in [1.807, 2.05) is 48.5 Å². The standard InChI is InChI=1S/C26H18N4O2S/c31-24(17-6-2-1-3-7-17)28-20-13-10-18(11-14-20)25(32)30-23-15-12-19(16-27-23)26-29-21-8-4-5-9-22(21)33-26/h1-16H,(H,28,31)(H,27,30,32). The van der Waals surface area contributed by atoms with E-state index in [4.69, 9.17) is 0 Å². The van der Waals surface area contributed by atoms with Crippen LogP contribution in [-0.2, 0) is 0 Å². The lowest BCUT2D eigenvalue weighted by Crippen LogP contribution is -2.14. The minimum atomic E-state index is -0.281. The van der Waals surface area contributed by atoms with Gasteiger partial charge in [-0.25, -0.2) is 9.97 Å². The molecule has 2 heterocycles. The van der Waals surface area contributed by atoms with Crippen molar-refractivity contribution in [2.45, 2.75) is 0 Å². The Labute approximate surface area is 194 Å². The zero-order valence-electron chi connectivity index (χ0n) is 17.4. The van der Waals surface area contributed by atoms with E-state index in [-0.39, 0.29) is 11.8 Å². The molecule has 2 N–H and O–H groups in total. The first kappa shape index (κ1) is 20.5. The van der Waals surface area contributed by atoms with E-state index >= 15 is 0 Å². The second kappa shape index (κ2) is 9.02. The summed E-state index contributed by atoms with van der Waals surface area (Å²) in [6, 6.07) is 27.3. The van der Waals surface area contributed by atoms with E-state index in [0.29, 0.717) is 22.6 Å². The molecule has 0 bridgehead atoms. The van der Waals surface area contributed by atoms with Gasteiger partial charge in [0.15, 0.2) is 0 Å². The van der Waals surface area contributed by atoms with Gasteiger partial charge in [-0.15, -0.1) is 11.3 Å². The zero-order valence-corrected chi connectivity index (χ0v) is 18.2. The molecular weight excluding hydrogens is 432 g/mol. The molecule has 7 heteroatoms. The second-order valence-corrected chi connectivity index (χ2v) is 8.30. The van der Waals surface area contributed by atoms with Gasteiger partial charge in [0, 0.05) is 28.6 Å². The van der Waals surface area contributed by atoms with Crippen LogP contribution in [0.5, 0.6) is 0 Å². The number of para-hydroxylation sites is 1. The summed E-state index contributed by atoms with van der Waals surface area (Å²) in [5, 5.41) is 6.50. The molecule has 0 fully saturated rings. The van der Waals surface area contributed by atoms with E-state index < -0.39 is 0 Å². The molecule has 0 unspecified atom stereocenters. The lowest BCUT2D eigenvalue weighted by Gasteiger charge is -2.08. The number of aromatic nitrogens is 2. The number of anilines is 2. The Hall–Kier alpha value is -4.36. The van der Waals surface area contributed by atoms with Gasteiger partial charge in [-0.2, -0.15) is 0 Å². The minimum Gasteiger partial charge on any atom is -0.322 e. The molecule has 160 valence electrons. The Morgan fingerprint density at radius 1 is 0.697 bits per heavy atom. The van der Waals surface area contributed by atoms with Crippen molar-refractivity contribution in [3.63, 3.8) is 0 Å². The third-order valence-electron chi connectivity index (χ3n) is 4.99. The van der Waals surface area contributed by atoms with Crippen LogP contribution in [0.25, 0.3) is 20.8 Å². The number of fused-ring (bicyclic) bond motifs is 1. The van der Waals surface area contributed by atoms with Crippen LogP contribution in [-0.4, -0.2) is 21.8 Å². The number of pyridine rings is 1. The molecular formula is C26H18N4O2S. The van der Waals surface area contributed by atoms with E-state index in [1.54, 1.807) is 60.0 Å². The van der Waals surface area contributed by atoms with Crippen LogP contribution in [0.15, 0.2) is 97.2 Å². The lowest BCUT2D eigenvalue weighted by molar-refractivity contribution is 0.101. The number of carbonyl (C=O) groups excluding carboxylic acids is 2. The highest BCUT2D eigenvalue weighted by atomic mass is 32.1. The summed E-state index contributed by atoms with van der Waals surface area (Å²) in [6.07, 6.45) is 1.70. The largest absolute Gasteiger partial charge is 0.322 e. The van der Waals surface area contributed by atoms with Crippen LogP contribution in [0.4, 0.5) is 11.5 Å². The van der Waals surface area contributed by atoms with Gasteiger partial charge in [0.1, 0.15) is 10.8 Å². The number of hydrogen-bond acceptors (Lipinski definition) is 5.